The van der Waals surface area contributed by atoms with Crippen molar-refractivity contribution in [2.24, 2.45) is 5.84 Å². The van der Waals surface area contributed by atoms with E-state index < -0.39 is 35.4 Å². The van der Waals surface area contributed by atoms with E-state index in [-0.39, 0.29) is 16.5 Å². The molecule has 1 aliphatic carbocycles. The monoisotopic (exact) mass is 397 g/mol. The van der Waals surface area contributed by atoms with Crippen LogP contribution < -0.4 is 11.2 Å². The molecular weight excluding hydrogens is 382 g/mol. The van der Waals surface area contributed by atoms with Crippen molar-refractivity contribution in [2.45, 2.75) is 31.2 Å². The summed E-state index contributed by atoms with van der Waals surface area (Å²) < 4.78 is 51.5. The van der Waals surface area contributed by atoms with E-state index in [1.807, 2.05) is 0 Å². The summed E-state index contributed by atoms with van der Waals surface area (Å²) in [6, 6.07) is 3.59. The van der Waals surface area contributed by atoms with Crippen molar-refractivity contribution < 1.29 is 27.2 Å². The van der Waals surface area contributed by atoms with Crippen LogP contribution in [0.5, 0.6) is 0 Å². The van der Waals surface area contributed by atoms with Gasteiger partial charge in [-0.1, -0.05) is 6.07 Å². The molecule has 11 heteroatoms. The second-order valence-corrected chi connectivity index (χ2v) is 6.30. The van der Waals surface area contributed by atoms with Crippen molar-refractivity contribution in [2.75, 3.05) is 5.32 Å². The van der Waals surface area contributed by atoms with Gasteiger partial charge in [-0.25, -0.2) is 29.6 Å². The number of benzene rings is 1. The number of anilines is 1. The van der Waals surface area contributed by atoms with E-state index in [2.05, 4.69) is 15.3 Å². The number of carbonyl (C=O) groups excluding carboxylic acids is 2. The van der Waals surface area contributed by atoms with Gasteiger partial charge in [0, 0.05) is 12.4 Å². The number of hydrogen-bond donors (Lipinski definition) is 2. The highest BCUT2D eigenvalue weighted by atomic mass is 19.3. The lowest BCUT2D eigenvalue weighted by molar-refractivity contribution is -0.140. The summed E-state index contributed by atoms with van der Waals surface area (Å²) in [6.45, 7) is 0. The van der Waals surface area contributed by atoms with Crippen LogP contribution in [-0.2, 0) is 10.3 Å². The molecule has 3 N–H and O–H groups in total. The quantitative estimate of drug-likeness (QED) is 0.348. The predicted octanol–water partition coefficient (Wildman–Crippen LogP) is 2.35. The largest absolute Gasteiger partial charge is 0.345 e. The molecule has 0 aliphatic heterocycles. The number of amides is 2. The van der Waals surface area contributed by atoms with E-state index in [4.69, 9.17) is 5.84 Å². The number of nitrogens with two attached hydrogens (primary N) is 1. The molecule has 1 aliphatic rings. The van der Waals surface area contributed by atoms with Gasteiger partial charge in [0.05, 0.1) is 11.1 Å². The molecule has 0 bridgehead atoms. The Balaban J connectivity index is 1.77. The lowest BCUT2D eigenvalue weighted by Gasteiger charge is -2.43. The van der Waals surface area contributed by atoms with Gasteiger partial charge in [0.15, 0.2) is 11.6 Å². The Bertz CT molecular complexity index is 903. The number of nitrogens with zero attached hydrogens (tertiary/aromatic N) is 3. The first kappa shape index (κ1) is 19.7. The normalized spacial score (nSPS) is 15.1. The minimum absolute atomic E-state index is 0.0877. The van der Waals surface area contributed by atoms with Gasteiger partial charge in [0.2, 0.25) is 5.95 Å². The molecule has 2 amide bonds. The molecule has 0 spiro atoms. The molecule has 7 nitrogen and oxygen atoms in total. The Morgan fingerprint density at radius 3 is 2.29 bits per heavy atom. The summed E-state index contributed by atoms with van der Waals surface area (Å²) in [4.78, 5) is 30.9. The van der Waals surface area contributed by atoms with Crippen LogP contribution in [0.25, 0.3) is 0 Å². The van der Waals surface area contributed by atoms with Crippen LogP contribution >= 0.6 is 0 Å². The standard InChI is InChI=1S/C17H15F4N5O2/c18-11-3-2-10(6-12(11)19)17(4-1-5-17)25-16-23-7-9(8-24-16)14(27)26(22)15(28)13(20)21/h2-3,6-8,13H,1,4-5,22H2,(H,23,24,25). The van der Waals surface area contributed by atoms with Crippen molar-refractivity contribution >= 4 is 17.8 Å². The van der Waals surface area contributed by atoms with Crippen molar-refractivity contribution in [1.82, 2.24) is 15.0 Å². The molecular formula is C17H15F4N5O2. The second-order valence-electron chi connectivity index (χ2n) is 6.30. The Morgan fingerprint density at radius 2 is 1.79 bits per heavy atom. The summed E-state index contributed by atoms with van der Waals surface area (Å²) in [7, 11) is 0. The first-order chi connectivity index (χ1) is 13.2. The average molecular weight is 397 g/mol. The van der Waals surface area contributed by atoms with Gasteiger partial charge in [0.1, 0.15) is 0 Å². The SMILES string of the molecule is NN(C(=O)c1cnc(NC2(c3ccc(F)c(F)c3)CCC2)nc1)C(=O)C(F)F. The molecule has 1 fully saturated rings. The van der Waals surface area contributed by atoms with Crippen molar-refractivity contribution in [3.05, 3.63) is 53.4 Å². The zero-order chi connectivity index (χ0) is 20.5. The molecule has 0 saturated heterocycles. The van der Waals surface area contributed by atoms with E-state index >= 15 is 0 Å². The van der Waals surface area contributed by atoms with E-state index in [9.17, 15) is 27.2 Å². The Kier molecular flexibility index (Phi) is 5.27. The minimum Gasteiger partial charge on any atom is -0.345 e. The average Bonchev–Trinajstić information content (AvgIpc) is 2.65. The molecule has 1 heterocycles. The van der Waals surface area contributed by atoms with Crippen molar-refractivity contribution in [1.29, 1.82) is 0 Å². The molecule has 0 unspecified atom stereocenters. The van der Waals surface area contributed by atoms with Gasteiger partial charge < -0.3 is 5.32 Å². The van der Waals surface area contributed by atoms with Gasteiger partial charge in [-0.15, -0.1) is 0 Å². The van der Waals surface area contributed by atoms with E-state index in [1.165, 1.54) is 6.07 Å². The summed E-state index contributed by atoms with van der Waals surface area (Å²) in [5, 5.41) is 2.83. The van der Waals surface area contributed by atoms with Crippen LogP contribution in [0.15, 0.2) is 30.6 Å². The summed E-state index contributed by atoms with van der Waals surface area (Å²) >= 11 is 0. The Labute approximate surface area is 156 Å². The van der Waals surface area contributed by atoms with Crippen LogP contribution in [0.2, 0.25) is 0 Å². The number of nitrogens with one attached hydrogen (secondary N) is 1. The summed E-state index contributed by atoms with van der Waals surface area (Å²) in [5.41, 5.74) is -0.430. The number of rotatable bonds is 5. The smallest absolute Gasteiger partial charge is 0.317 e. The Morgan fingerprint density at radius 1 is 1.14 bits per heavy atom. The number of aromatic nitrogens is 2. The van der Waals surface area contributed by atoms with Crippen LogP contribution in [0, 0.1) is 11.6 Å². The summed E-state index contributed by atoms with van der Waals surface area (Å²) in [6.07, 6.45) is 0.719. The maximum atomic E-state index is 13.6. The minimum atomic E-state index is -3.43. The first-order valence-electron chi connectivity index (χ1n) is 8.20. The molecule has 2 aromatic rings. The molecule has 28 heavy (non-hydrogen) atoms. The molecule has 1 aromatic carbocycles. The number of halogens is 4. The molecule has 0 atom stereocenters. The van der Waals surface area contributed by atoms with Crippen LogP contribution in [0.1, 0.15) is 35.2 Å². The Hall–Kier alpha value is -3.08. The van der Waals surface area contributed by atoms with Gasteiger partial charge >= 0.3 is 12.3 Å². The number of imide groups is 1. The molecule has 1 saturated carbocycles. The fourth-order valence-electron chi connectivity index (χ4n) is 2.87. The highest BCUT2D eigenvalue weighted by molar-refractivity contribution is 6.04. The van der Waals surface area contributed by atoms with Crippen LogP contribution in [-0.4, -0.2) is 33.2 Å². The summed E-state index contributed by atoms with van der Waals surface area (Å²) in [5.74, 6) is 0.209. The zero-order valence-electron chi connectivity index (χ0n) is 14.3. The van der Waals surface area contributed by atoms with Crippen molar-refractivity contribution in [3.63, 3.8) is 0 Å². The van der Waals surface area contributed by atoms with E-state index in [0.29, 0.717) is 18.4 Å². The number of hydrogen-bond acceptors (Lipinski definition) is 6. The molecule has 0 radical (unpaired) electrons. The predicted molar refractivity (Wildman–Crippen MR) is 88.9 cm³/mol. The highest BCUT2D eigenvalue weighted by Crippen LogP contribution is 2.43. The fourth-order valence-corrected chi connectivity index (χ4v) is 2.87. The van der Waals surface area contributed by atoms with Crippen LogP contribution in [0.3, 0.4) is 0 Å². The molecule has 3 rings (SSSR count). The van der Waals surface area contributed by atoms with E-state index in [0.717, 1.165) is 30.9 Å². The third-order valence-electron chi connectivity index (χ3n) is 4.57. The number of hydrazine groups is 1. The van der Waals surface area contributed by atoms with Gasteiger partial charge in [0.25, 0.3) is 5.91 Å². The lowest BCUT2D eigenvalue weighted by atomic mass is 9.72. The van der Waals surface area contributed by atoms with E-state index in [1.54, 1.807) is 0 Å². The molecule has 1 aromatic heterocycles. The zero-order valence-corrected chi connectivity index (χ0v) is 14.3. The third-order valence-corrected chi connectivity index (χ3v) is 4.57. The second kappa shape index (κ2) is 7.50. The van der Waals surface area contributed by atoms with Gasteiger partial charge in [-0.05, 0) is 37.0 Å². The third kappa shape index (κ3) is 3.65. The van der Waals surface area contributed by atoms with Gasteiger partial charge in [-0.2, -0.15) is 8.78 Å². The maximum absolute atomic E-state index is 13.6. The number of carbonyl (C=O) groups is 2. The highest BCUT2D eigenvalue weighted by Gasteiger charge is 2.40. The fraction of sp³-hybridized carbons (Fsp3) is 0.294. The first-order valence-corrected chi connectivity index (χ1v) is 8.20. The number of alkyl halides is 2. The van der Waals surface area contributed by atoms with Crippen LogP contribution in [0.4, 0.5) is 23.5 Å². The van der Waals surface area contributed by atoms with Gasteiger partial charge in [-0.3, -0.25) is 9.59 Å². The van der Waals surface area contributed by atoms with Crippen molar-refractivity contribution in [3.8, 4) is 0 Å². The topological polar surface area (TPSA) is 101 Å². The molecule has 148 valence electrons. The lowest BCUT2D eigenvalue weighted by Crippen LogP contribution is -2.45. The maximum Gasteiger partial charge on any atom is 0.317 e.